The van der Waals surface area contributed by atoms with Crippen molar-refractivity contribution in [2.24, 2.45) is 0 Å². The fraction of sp³-hybridized carbons (Fsp3) is 0.250. The van der Waals surface area contributed by atoms with Crippen LogP contribution in [-0.4, -0.2) is 61.4 Å². The average molecular weight is 532 g/mol. The molecule has 0 aliphatic carbocycles. The third-order valence-electron chi connectivity index (χ3n) is 7.07. The van der Waals surface area contributed by atoms with Crippen molar-refractivity contribution in [1.82, 2.24) is 10.2 Å². The molecular weight excluding hydrogens is 506 g/mol. The summed E-state index contributed by atoms with van der Waals surface area (Å²) >= 11 is 1.55. The Kier molecular flexibility index (Phi) is 6.11. The predicted molar refractivity (Wildman–Crippen MR) is 142 cm³/mol. The largest absolute Gasteiger partial charge is 0.496 e. The van der Waals surface area contributed by atoms with Crippen molar-refractivity contribution in [3.05, 3.63) is 65.7 Å². The SMILES string of the molecule is COc1cc(SC)ccc1C(=O)N[C@H]1C[C@H]2C(=O)Nc3ccc(-c4ccc5c(c4)OCO5)cc3C(=O)N2C1. The fourth-order valence-electron chi connectivity index (χ4n) is 5.12. The highest BCUT2D eigenvalue weighted by Crippen LogP contribution is 2.38. The lowest BCUT2D eigenvalue weighted by molar-refractivity contribution is -0.119. The van der Waals surface area contributed by atoms with Gasteiger partial charge in [-0.3, -0.25) is 14.4 Å². The summed E-state index contributed by atoms with van der Waals surface area (Å²) in [6, 6.07) is 15.3. The van der Waals surface area contributed by atoms with Crippen LogP contribution in [0.2, 0.25) is 0 Å². The molecule has 0 radical (unpaired) electrons. The van der Waals surface area contributed by atoms with Crippen molar-refractivity contribution in [3.8, 4) is 28.4 Å². The van der Waals surface area contributed by atoms with Crippen LogP contribution in [0.4, 0.5) is 5.69 Å². The Labute approximate surface area is 223 Å². The molecular formula is C28H25N3O6S. The van der Waals surface area contributed by atoms with E-state index in [0.29, 0.717) is 40.5 Å². The number of nitrogens with zero attached hydrogens (tertiary/aromatic N) is 1. The molecule has 3 aromatic carbocycles. The zero-order valence-corrected chi connectivity index (χ0v) is 21.6. The number of thioether (sulfide) groups is 1. The quantitative estimate of drug-likeness (QED) is 0.483. The summed E-state index contributed by atoms with van der Waals surface area (Å²) in [5.74, 6) is 0.958. The zero-order chi connectivity index (χ0) is 26.4. The molecule has 0 unspecified atom stereocenters. The van der Waals surface area contributed by atoms with Crippen LogP contribution in [0.15, 0.2) is 59.5 Å². The van der Waals surface area contributed by atoms with E-state index in [4.69, 9.17) is 14.2 Å². The Hall–Kier alpha value is -4.18. The van der Waals surface area contributed by atoms with Crippen molar-refractivity contribution in [2.75, 3.05) is 32.0 Å². The van der Waals surface area contributed by atoms with E-state index in [9.17, 15) is 14.4 Å². The molecule has 38 heavy (non-hydrogen) atoms. The number of nitrogens with one attached hydrogen (secondary N) is 2. The average Bonchev–Trinajstić information content (AvgIpc) is 3.57. The second kappa shape index (κ2) is 9.60. The molecule has 9 nitrogen and oxygen atoms in total. The maximum absolute atomic E-state index is 13.7. The molecule has 3 amide bonds. The summed E-state index contributed by atoms with van der Waals surface area (Å²) < 4.78 is 16.3. The summed E-state index contributed by atoms with van der Waals surface area (Å²) in [7, 11) is 1.52. The number of benzene rings is 3. The minimum atomic E-state index is -0.685. The summed E-state index contributed by atoms with van der Waals surface area (Å²) in [6.45, 7) is 0.402. The third kappa shape index (κ3) is 4.20. The van der Waals surface area contributed by atoms with E-state index in [-0.39, 0.29) is 37.1 Å². The lowest BCUT2D eigenvalue weighted by Gasteiger charge is -2.20. The Bertz CT molecular complexity index is 1470. The number of fused-ring (bicyclic) bond motifs is 3. The van der Waals surface area contributed by atoms with Gasteiger partial charge in [-0.05, 0) is 66.3 Å². The summed E-state index contributed by atoms with van der Waals surface area (Å²) in [4.78, 5) is 42.4. The van der Waals surface area contributed by atoms with Gasteiger partial charge in [0.2, 0.25) is 12.7 Å². The van der Waals surface area contributed by atoms with E-state index in [1.165, 1.54) is 7.11 Å². The fourth-order valence-corrected chi connectivity index (χ4v) is 5.55. The molecule has 3 aliphatic rings. The molecule has 2 N–H and O–H groups in total. The lowest BCUT2D eigenvalue weighted by Crippen LogP contribution is -2.41. The van der Waals surface area contributed by atoms with E-state index in [1.807, 2.05) is 42.7 Å². The minimum absolute atomic E-state index is 0.178. The van der Waals surface area contributed by atoms with Crippen LogP contribution in [-0.2, 0) is 4.79 Å². The monoisotopic (exact) mass is 531 g/mol. The summed E-state index contributed by atoms with van der Waals surface area (Å²) in [6.07, 6.45) is 2.27. The molecule has 1 saturated heterocycles. The van der Waals surface area contributed by atoms with Crippen LogP contribution in [0.5, 0.6) is 17.2 Å². The van der Waals surface area contributed by atoms with Crippen LogP contribution >= 0.6 is 11.8 Å². The van der Waals surface area contributed by atoms with Crippen LogP contribution in [0.3, 0.4) is 0 Å². The van der Waals surface area contributed by atoms with Gasteiger partial charge in [-0.15, -0.1) is 11.8 Å². The normalized spacial score (nSPS) is 19.4. The first-order valence-electron chi connectivity index (χ1n) is 12.1. The molecule has 194 valence electrons. The van der Waals surface area contributed by atoms with Crippen molar-refractivity contribution in [2.45, 2.75) is 23.4 Å². The van der Waals surface area contributed by atoms with Gasteiger partial charge in [-0.25, -0.2) is 0 Å². The molecule has 0 saturated carbocycles. The molecule has 6 rings (SSSR count). The number of carbonyl (C=O) groups is 3. The second-order valence-corrected chi connectivity index (χ2v) is 10.1. The molecule has 3 aromatic rings. The van der Waals surface area contributed by atoms with Crippen LogP contribution in [0.25, 0.3) is 11.1 Å². The number of anilines is 1. The molecule has 3 aliphatic heterocycles. The van der Waals surface area contributed by atoms with Gasteiger partial charge >= 0.3 is 0 Å². The molecule has 0 aromatic heterocycles. The van der Waals surface area contributed by atoms with Gasteiger partial charge in [0.05, 0.1) is 23.9 Å². The summed E-state index contributed by atoms with van der Waals surface area (Å²) in [5.41, 5.74) is 2.95. The van der Waals surface area contributed by atoms with Crippen LogP contribution < -0.4 is 24.8 Å². The molecule has 0 bridgehead atoms. The number of methoxy groups -OCH3 is 1. The van der Waals surface area contributed by atoms with Gasteiger partial charge in [0.15, 0.2) is 11.5 Å². The second-order valence-electron chi connectivity index (χ2n) is 9.26. The zero-order valence-electron chi connectivity index (χ0n) is 20.8. The number of rotatable bonds is 5. The Morgan fingerprint density at radius 1 is 1.05 bits per heavy atom. The van der Waals surface area contributed by atoms with Crippen molar-refractivity contribution < 1.29 is 28.6 Å². The molecule has 2 atom stereocenters. The highest BCUT2D eigenvalue weighted by molar-refractivity contribution is 7.98. The first kappa shape index (κ1) is 24.2. The van der Waals surface area contributed by atoms with Crippen LogP contribution in [0.1, 0.15) is 27.1 Å². The highest BCUT2D eigenvalue weighted by Gasteiger charge is 2.43. The van der Waals surface area contributed by atoms with E-state index < -0.39 is 6.04 Å². The standard InChI is InChI=1S/C28H25N3O6S/c1-35-24-12-18(38-2)5-6-19(24)26(32)29-17-11-22-27(33)30-21-7-3-15(9-20(21)28(34)31(22)13-17)16-4-8-23-25(10-16)37-14-36-23/h3-10,12,17,22H,11,13-14H2,1-2H3,(H,29,32)(H,30,33)/t17-,22-/m0/s1. The molecule has 3 heterocycles. The van der Waals surface area contributed by atoms with E-state index in [1.54, 1.807) is 34.9 Å². The van der Waals surface area contributed by atoms with Gasteiger partial charge in [-0.1, -0.05) is 12.1 Å². The smallest absolute Gasteiger partial charge is 0.256 e. The molecule has 1 fully saturated rings. The van der Waals surface area contributed by atoms with E-state index in [2.05, 4.69) is 10.6 Å². The topological polar surface area (TPSA) is 106 Å². The van der Waals surface area contributed by atoms with Gasteiger partial charge in [0, 0.05) is 17.5 Å². The van der Waals surface area contributed by atoms with Gasteiger partial charge < -0.3 is 29.7 Å². The molecule has 10 heteroatoms. The van der Waals surface area contributed by atoms with Crippen LogP contribution in [0, 0.1) is 0 Å². The van der Waals surface area contributed by atoms with Gasteiger partial charge in [0.25, 0.3) is 11.8 Å². The van der Waals surface area contributed by atoms with Crippen molar-refractivity contribution >= 4 is 35.2 Å². The highest BCUT2D eigenvalue weighted by atomic mass is 32.2. The third-order valence-corrected chi connectivity index (χ3v) is 7.79. The number of hydrogen-bond acceptors (Lipinski definition) is 7. The number of amides is 3. The van der Waals surface area contributed by atoms with Gasteiger partial charge in [-0.2, -0.15) is 0 Å². The number of carbonyl (C=O) groups excluding carboxylic acids is 3. The maximum Gasteiger partial charge on any atom is 0.256 e. The van der Waals surface area contributed by atoms with Crippen molar-refractivity contribution in [1.29, 1.82) is 0 Å². The predicted octanol–water partition coefficient (Wildman–Crippen LogP) is 3.78. The first-order valence-corrected chi connectivity index (χ1v) is 13.4. The van der Waals surface area contributed by atoms with Gasteiger partial charge in [0.1, 0.15) is 11.8 Å². The minimum Gasteiger partial charge on any atom is -0.496 e. The Morgan fingerprint density at radius 3 is 2.66 bits per heavy atom. The number of ether oxygens (including phenoxy) is 3. The van der Waals surface area contributed by atoms with Crippen molar-refractivity contribution in [3.63, 3.8) is 0 Å². The summed E-state index contributed by atoms with van der Waals surface area (Å²) in [5, 5.41) is 5.88. The number of hydrogen-bond donors (Lipinski definition) is 2. The first-order chi connectivity index (χ1) is 18.4. The Balaban J connectivity index is 1.23. The maximum atomic E-state index is 13.7. The van der Waals surface area contributed by atoms with E-state index in [0.717, 1.165) is 16.0 Å². The van der Waals surface area contributed by atoms with E-state index >= 15 is 0 Å². The Morgan fingerprint density at radius 2 is 1.84 bits per heavy atom. The molecule has 0 spiro atoms. The lowest BCUT2D eigenvalue weighted by atomic mass is 10.0.